The third-order valence-corrected chi connectivity index (χ3v) is 3.42. The topological polar surface area (TPSA) is 55.4 Å². The highest BCUT2D eigenvalue weighted by Crippen LogP contribution is 2.29. The zero-order valence-electron chi connectivity index (χ0n) is 13.6. The Bertz CT molecular complexity index is 753. The summed E-state index contributed by atoms with van der Waals surface area (Å²) >= 11 is 0. The summed E-state index contributed by atoms with van der Waals surface area (Å²) in [6, 6.07) is 10.6. The molecule has 0 saturated carbocycles. The zero-order chi connectivity index (χ0) is 18.6. The average Bonchev–Trinajstić information content (AvgIpc) is 2.55. The Morgan fingerprint density at radius 3 is 2.08 bits per heavy atom. The van der Waals surface area contributed by atoms with Gasteiger partial charge in [0.15, 0.2) is 6.10 Å². The first-order valence-electron chi connectivity index (χ1n) is 7.42. The van der Waals surface area contributed by atoms with Crippen LogP contribution in [-0.2, 0) is 15.7 Å². The molecule has 0 saturated heterocycles. The smallest absolute Gasteiger partial charge is 0.416 e. The second-order valence-corrected chi connectivity index (χ2v) is 5.48. The molecule has 0 bridgehead atoms. The van der Waals surface area contributed by atoms with Gasteiger partial charge in [0.1, 0.15) is 0 Å². The van der Waals surface area contributed by atoms with E-state index in [1.54, 1.807) is 24.3 Å². The fourth-order valence-electron chi connectivity index (χ4n) is 1.96. The lowest BCUT2D eigenvalue weighted by Gasteiger charge is -2.14. The van der Waals surface area contributed by atoms with E-state index in [-0.39, 0.29) is 5.69 Å². The normalized spacial score (nSPS) is 12.4. The van der Waals surface area contributed by atoms with E-state index in [4.69, 9.17) is 4.74 Å². The van der Waals surface area contributed by atoms with Crippen LogP contribution in [0.15, 0.2) is 48.5 Å². The Balaban J connectivity index is 1.95. The molecule has 1 amide bonds. The number of esters is 1. The quantitative estimate of drug-likeness (QED) is 0.840. The number of amides is 1. The van der Waals surface area contributed by atoms with Crippen molar-refractivity contribution in [3.05, 3.63) is 65.2 Å². The molecule has 0 aromatic heterocycles. The van der Waals surface area contributed by atoms with Crippen LogP contribution in [-0.4, -0.2) is 18.0 Å². The van der Waals surface area contributed by atoms with Gasteiger partial charge in [0.2, 0.25) is 0 Å². The number of halogens is 3. The number of carbonyl (C=O) groups excluding carboxylic acids is 2. The fourth-order valence-corrected chi connectivity index (χ4v) is 1.96. The van der Waals surface area contributed by atoms with Gasteiger partial charge in [0.05, 0.1) is 11.1 Å². The molecule has 1 atom stereocenters. The Morgan fingerprint density at radius 1 is 1.00 bits per heavy atom. The molecular weight excluding hydrogens is 335 g/mol. The van der Waals surface area contributed by atoms with Gasteiger partial charge in [-0.05, 0) is 50.2 Å². The van der Waals surface area contributed by atoms with Gasteiger partial charge in [-0.25, -0.2) is 4.79 Å². The first-order valence-corrected chi connectivity index (χ1v) is 7.42. The molecule has 25 heavy (non-hydrogen) atoms. The second-order valence-electron chi connectivity index (χ2n) is 5.48. The number of hydrogen-bond donors (Lipinski definition) is 1. The van der Waals surface area contributed by atoms with E-state index in [0.717, 1.165) is 29.8 Å². The van der Waals surface area contributed by atoms with Crippen LogP contribution < -0.4 is 5.32 Å². The largest absolute Gasteiger partial charge is 0.449 e. The number of hydrogen-bond acceptors (Lipinski definition) is 3. The average molecular weight is 351 g/mol. The third kappa shape index (κ3) is 5.07. The van der Waals surface area contributed by atoms with E-state index in [1.165, 1.54) is 6.92 Å². The Hall–Kier alpha value is -2.83. The van der Waals surface area contributed by atoms with Crippen LogP contribution in [0.3, 0.4) is 0 Å². The molecule has 0 aliphatic rings. The number of ether oxygens (including phenoxy) is 1. The van der Waals surface area contributed by atoms with Gasteiger partial charge in [-0.3, -0.25) is 4.79 Å². The molecule has 2 aromatic rings. The van der Waals surface area contributed by atoms with E-state index in [9.17, 15) is 22.8 Å². The molecule has 0 radical (unpaired) electrons. The summed E-state index contributed by atoms with van der Waals surface area (Å²) in [6.45, 7) is 3.25. The van der Waals surface area contributed by atoms with Crippen molar-refractivity contribution >= 4 is 17.6 Å². The lowest BCUT2D eigenvalue weighted by Crippen LogP contribution is -2.30. The monoisotopic (exact) mass is 351 g/mol. The van der Waals surface area contributed by atoms with E-state index >= 15 is 0 Å². The molecule has 0 aliphatic carbocycles. The minimum Gasteiger partial charge on any atom is -0.449 e. The molecule has 4 nitrogen and oxygen atoms in total. The van der Waals surface area contributed by atoms with Crippen LogP contribution in [0, 0.1) is 6.92 Å². The molecule has 1 N–H and O–H groups in total. The summed E-state index contributed by atoms with van der Waals surface area (Å²) < 4.78 is 42.5. The predicted molar refractivity (Wildman–Crippen MR) is 86.1 cm³/mol. The van der Waals surface area contributed by atoms with Crippen LogP contribution in [0.5, 0.6) is 0 Å². The Morgan fingerprint density at radius 2 is 1.56 bits per heavy atom. The maximum absolute atomic E-state index is 12.5. The SMILES string of the molecule is Cc1ccc(C(=O)OC(C)C(=O)Nc2ccc(C(F)(F)F)cc2)cc1. The second kappa shape index (κ2) is 7.38. The summed E-state index contributed by atoms with van der Waals surface area (Å²) in [5.74, 6) is -1.30. The lowest BCUT2D eigenvalue weighted by atomic mass is 10.1. The lowest BCUT2D eigenvalue weighted by molar-refractivity contribution is -0.137. The van der Waals surface area contributed by atoms with Gasteiger partial charge < -0.3 is 10.1 Å². The van der Waals surface area contributed by atoms with Crippen LogP contribution in [0.1, 0.15) is 28.4 Å². The van der Waals surface area contributed by atoms with Crippen LogP contribution in [0.2, 0.25) is 0 Å². The number of rotatable bonds is 4. The van der Waals surface area contributed by atoms with Gasteiger partial charge >= 0.3 is 12.1 Å². The van der Waals surface area contributed by atoms with Crippen molar-refractivity contribution in [2.24, 2.45) is 0 Å². The first kappa shape index (κ1) is 18.5. The maximum atomic E-state index is 12.5. The molecule has 2 aromatic carbocycles. The molecule has 0 aliphatic heterocycles. The molecule has 1 unspecified atom stereocenters. The summed E-state index contributed by atoms with van der Waals surface area (Å²) in [5, 5.41) is 2.40. The van der Waals surface area contributed by atoms with Crippen molar-refractivity contribution in [1.29, 1.82) is 0 Å². The standard InChI is InChI=1S/C18H16F3NO3/c1-11-3-5-13(6-4-11)17(24)25-12(2)16(23)22-15-9-7-14(8-10-15)18(19,20)21/h3-10,12H,1-2H3,(H,22,23). The van der Waals surface area contributed by atoms with Crippen LogP contribution in [0.25, 0.3) is 0 Å². The summed E-state index contributed by atoms with van der Waals surface area (Å²) in [5.41, 5.74) is 0.644. The minimum absolute atomic E-state index is 0.177. The molecule has 2 rings (SSSR count). The van der Waals surface area contributed by atoms with Gasteiger partial charge in [0.25, 0.3) is 5.91 Å². The van der Waals surface area contributed by atoms with Crippen molar-refractivity contribution in [3.8, 4) is 0 Å². The van der Waals surface area contributed by atoms with Crippen molar-refractivity contribution in [2.75, 3.05) is 5.32 Å². The number of aryl methyl sites for hydroxylation is 1. The van der Waals surface area contributed by atoms with Crippen molar-refractivity contribution < 1.29 is 27.5 Å². The molecule has 7 heteroatoms. The highest BCUT2D eigenvalue weighted by molar-refractivity contribution is 5.97. The highest BCUT2D eigenvalue weighted by atomic mass is 19.4. The zero-order valence-corrected chi connectivity index (χ0v) is 13.6. The Labute approximate surface area is 142 Å². The molecule has 132 valence electrons. The number of anilines is 1. The molecule has 0 fully saturated rings. The van der Waals surface area contributed by atoms with Crippen LogP contribution in [0.4, 0.5) is 18.9 Å². The van der Waals surface area contributed by atoms with Crippen LogP contribution >= 0.6 is 0 Å². The van der Waals surface area contributed by atoms with Crippen molar-refractivity contribution in [3.63, 3.8) is 0 Å². The summed E-state index contributed by atoms with van der Waals surface area (Å²) in [7, 11) is 0. The van der Waals surface area contributed by atoms with Gasteiger partial charge in [-0.1, -0.05) is 17.7 Å². The fraction of sp³-hybridized carbons (Fsp3) is 0.222. The predicted octanol–water partition coefficient (Wildman–Crippen LogP) is 4.20. The minimum atomic E-state index is -4.45. The van der Waals surface area contributed by atoms with Crippen molar-refractivity contribution in [2.45, 2.75) is 26.1 Å². The summed E-state index contributed by atoms with van der Waals surface area (Å²) in [6.07, 6.45) is -5.55. The van der Waals surface area contributed by atoms with E-state index < -0.39 is 29.7 Å². The van der Waals surface area contributed by atoms with E-state index in [1.807, 2.05) is 6.92 Å². The first-order chi connectivity index (χ1) is 11.7. The molecule has 0 spiro atoms. The van der Waals surface area contributed by atoms with Gasteiger partial charge in [-0.2, -0.15) is 13.2 Å². The third-order valence-electron chi connectivity index (χ3n) is 3.42. The summed E-state index contributed by atoms with van der Waals surface area (Å²) in [4.78, 5) is 24.0. The Kier molecular flexibility index (Phi) is 5.46. The number of nitrogens with one attached hydrogen (secondary N) is 1. The highest BCUT2D eigenvalue weighted by Gasteiger charge is 2.30. The molecular formula is C18H16F3NO3. The van der Waals surface area contributed by atoms with E-state index in [0.29, 0.717) is 5.56 Å². The number of alkyl halides is 3. The van der Waals surface area contributed by atoms with Crippen molar-refractivity contribution in [1.82, 2.24) is 0 Å². The van der Waals surface area contributed by atoms with Gasteiger partial charge in [0, 0.05) is 5.69 Å². The number of carbonyl (C=O) groups is 2. The molecule has 0 heterocycles. The van der Waals surface area contributed by atoms with E-state index in [2.05, 4.69) is 5.32 Å². The number of benzene rings is 2. The van der Waals surface area contributed by atoms with Gasteiger partial charge in [-0.15, -0.1) is 0 Å². The maximum Gasteiger partial charge on any atom is 0.416 e.